The topological polar surface area (TPSA) is 52.6 Å². The second kappa shape index (κ2) is 6.52. The number of nitrogens with zero attached hydrogens (tertiary/aromatic N) is 1. The van der Waals surface area contributed by atoms with Crippen LogP contribution < -0.4 is 5.32 Å². The van der Waals surface area contributed by atoms with Crippen LogP contribution >= 0.6 is 0 Å². The third-order valence-electron chi connectivity index (χ3n) is 3.37. The van der Waals surface area contributed by atoms with Gasteiger partial charge in [-0.2, -0.15) is 0 Å². The van der Waals surface area contributed by atoms with E-state index in [0.717, 1.165) is 38.2 Å². The lowest BCUT2D eigenvalue weighted by molar-refractivity contribution is -0.139. The van der Waals surface area contributed by atoms with Gasteiger partial charge in [0, 0.05) is 19.6 Å². The summed E-state index contributed by atoms with van der Waals surface area (Å²) in [6.07, 6.45) is 1.08. The molecule has 4 nitrogen and oxygen atoms in total. The Labute approximate surface area is 108 Å². The fraction of sp³-hybridized carbons (Fsp3) is 0.500. The Morgan fingerprint density at radius 3 is 2.78 bits per heavy atom. The number of carbonyl (C=O) groups is 1. The van der Waals surface area contributed by atoms with Crippen molar-refractivity contribution in [2.75, 3.05) is 32.7 Å². The molecule has 2 rings (SSSR count). The Morgan fingerprint density at radius 2 is 2.06 bits per heavy atom. The van der Waals surface area contributed by atoms with Crippen LogP contribution in [0.3, 0.4) is 0 Å². The van der Waals surface area contributed by atoms with Gasteiger partial charge in [-0.3, -0.25) is 4.79 Å². The summed E-state index contributed by atoms with van der Waals surface area (Å²) in [6.45, 7) is 4.47. The molecule has 1 aliphatic rings. The van der Waals surface area contributed by atoms with Crippen molar-refractivity contribution in [3.05, 3.63) is 35.9 Å². The Kier molecular flexibility index (Phi) is 4.73. The molecule has 1 aliphatic heterocycles. The third-order valence-corrected chi connectivity index (χ3v) is 3.37. The molecule has 1 aromatic carbocycles. The summed E-state index contributed by atoms with van der Waals surface area (Å²) in [4.78, 5) is 13.7. The van der Waals surface area contributed by atoms with E-state index in [9.17, 15) is 9.90 Å². The normalized spacial score (nSPS) is 19.1. The zero-order valence-corrected chi connectivity index (χ0v) is 10.5. The van der Waals surface area contributed by atoms with Gasteiger partial charge in [-0.15, -0.1) is 0 Å². The van der Waals surface area contributed by atoms with E-state index in [4.69, 9.17) is 0 Å². The largest absolute Gasteiger partial charge is 0.481 e. The minimum Gasteiger partial charge on any atom is -0.481 e. The molecule has 0 aromatic heterocycles. The van der Waals surface area contributed by atoms with Crippen LogP contribution in [0, 0.1) is 0 Å². The number of aliphatic carboxylic acids is 1. The molecule has 4 heteroatoms. The molecule has 1 unspecified atom stereocenters. The van der Waals surface area contributed by atoms with Crippen molar-refractivity contribution in [2.45, 2.75) is 12.3 Å². The lowest BCUT2D eigenvalue weighted by atomic mass is 9.98. The highest BCUT2D eigenvalue weighted by Gasteiger charge is 2.23. The molecule has 0 spiro atoms. The summed E-state index contributed by atoms with van der Waals surface area (Å²) >= 11 is 0. The molecule has 1 saturated heterocycles. The highest BCUT2D eigenvalue weighted by Crippen LogP contribution is 2.17. The first-order valence-electron chi connectivity index (χ1n) is 6.48. The van der Waals surface area contributed by atoms with Crippen molar-refractivity contribution in [3.63, 3.8) is 0 Å². The summed E-state index contributed by atoms with van der Waals surface area (Å²) in [5.74, 6) is -1.16. The molecule has 1 heterocycles. The number of carboxylic acid groups (broad SMARTS) is 1. The van der Waals surface area contributed by atoms with Gasteiger partial charge in [0.05, 0.1) is 5.92 Å². The number of hydrogen-bond donors (Lipinski definition) is 2. The van der Waals surface area contributed by atoms with E-state index in [1.54, 1.807) is 0 Å². The van der Waals surface area contributed by atoms with E-state index in [-0.39, 0.29) is 0 Å². The van der Waals surface area contributed by atoms with E-state index in [2.05, 4.69) is 10.2 Å². The molecule has 98 valence electrons. The molecule has 0 saturated carbocycles. The second-order valence-electron chi connectivity index (χ2n) is 4.71. The number of nitrogens with one attached hydrogen (secondary N) is 1. The molecule has 1 atom stereocenters. The van der Waals surface area contributed by atoms with E-state index >= 15 is 0 Å². The molecule has 18 heavy (non-hydrogen) atoms. The maximum Gasteiger partial charge on any atom is 0.312 e. The van der Waals surface area contributed by atoms with Crippen molar-refractivity contribution in [2.24, 2.45) is 0 Å². The van der Waals surface area contributed by atoms with E-state index in [1.165, 1.54) is 0 Å². The lowest BCUT2D eigenvalue weighted by Crippen LogP contribution is -2.34. The van der Waals surface area contributed by atoms with Crippen LogP contribution in [0.5, 0.6) is 0 Å². The quantitative estimate of drug-likeness (QED) is 0.839. The van der Waals surface area contributed by atoms with Gasteiger partial charge in [-0.25, -0.2) is 0 Å². The van der Waals surface area contributed by atoms with Crippen LogP contribution in [0.25, 0.3) is 0 Å². The molecule has 0 aliphatic carbocycles. The molecule has 0 amide bonds. The van der Waals surface area contributed by atoms with Gasteiger partial charge in [0.1, 0.15) is 0 Å². The van der Waals surface area contributed by atoms with Crippen LogP contribution in [-0.2, 0) is 4.79 Å². The first-order chi connectivity index (χ1) is 8.77. The van der Waals surface area contributed by atoms with E-state index in [0.29, 0.717) is 6.54 Å². The van der Waals surface area contributed by atoms with Gasteiger partial charge in [-0.05, 0) is 25.1 Å². The highest BCUT2D eigenvalue weighted by atomic mass is 16.4. The third kappa shape index (κ3) is 3.55. The van der Waals surface area contributed by atoms with Gasteiger partial charge in [0.15, 0.2) is 0 Å². The number of hydrogen-bond acceptors (Lipinski definition) is 3. The zero-order valence-electron chi connectivity index (χ0n) is 10.5. The Morgan fingerprint density at radius 1 is 1.28 bits per heavy atom. The second-order valence-corrected chi connectivity index (χ2v) is 4.71. The van der Waals surface area contributed by atoms with Crippen LogP contribution in [0.1, 0.15) is 17.9 Å². The standard InChI is InChI=1S/C14H20N2O2/c17-14(18)13(12-5-2-1-3-6-12)11-16-9-4-7-15-8-10-16/h1-3,5-6,13,15H,4,7-11H2,(H,17,18). The van der Waals surface area contributed by atoms with Gasteiger partial charge in [-0.1, -0.05) is 30.3 Å². The van der Waals surface area contributed by atoms with Crippen LogP contribution in [0.4, 0.5) is 0 Å². The van der Waals surface area contributed by atoms with Gasteiger partial charge < -0.3 is 15.3 Å². The van der Waals surface area contributed by atoms with Crippen molar-refractivity contribution in [1.29, 1.82) is 0 Å². The Balaban J connectivity index is 2.04. The first kappa shape index (κ1) is 13.1. The number of benzene rings is 1. The maximum atomic E-state index is 11.4. The molecule has 1 fully saturated rings. The van der Waals surface area contributed by atoms with Crippen molar-refractivity contribution in [3.8, 4) is 0 Å². The first-order valence-corrected chi connectivity index (χ1v) is 6.48. The van der Waals surface area contributed by atoms with Crippen molar-refractivity contribution >= 4 is 5.97 Å². The predicted molar refractivity (Wildman–Crippen MR) is 70.7 cm³/mol. The van der Waals surface area contributed by atoms with E-state index < -0.39 is 11.9 Å². The summed E-state index contributed by atoms with van der Waals surface area (Å²) in [5.41, 5.74) is 0.891. The van der Waals surface area contributed by atoms with Crippen LogP contribution in [-0.4, -0.2) is 48.7 Å². The SMILES string of the molecule is O=C(O)C(CN1CCCNCC1)c1ccccc1. The minimum atomic E-state index is -0.738. The molecular formula is C14H20N2O2. The number of carboxylic acids is 1. The number of rotatable bonds is 4. The zero-order chi connectivity index (χ0) is 12.8. The molecule has 0 bridgehead atoms. The Hall–Kier alpha value is -1.39. The lowest BCUT2D eigenvalue weighted by Gasteiger charge is -2.23. The van der Waals surface area contributed by atoms with Crippen LogP contribution in [0.2, 0.25) is 0 Å². The van der Waals surface area contributed by atoms with Crippen molar-refractivity contribution in [1.82, 2.24) is 10.2 Å². The molecule has 0 radical (unpaired) electrons. The summed E-state index contributed by atoms with van der Waals surface area (Å²) in [5, 5.41) is 12.7. The fourth-order valence-corrected chi connectivity index (χ4v) is 2.35. The fourth-order valence-electron chi connectivity index (χ4n) is 2.35. The minimum absolute atomic E-state index is 0.427. The van der Waals surface area contributed by atoms with Gasteiger partial charge in [0.2, 0.25) is 0 Å². The molecule has 1 aromatic rings. The summed E-state index contributed by atoms with van der Waals surface area (Å²) < 4.78 is 0. The summed E-state index contributed by atoms with van der Waals surface area (Å²) in [7, 11) is 0. The van der Waals surface area contributed by atoms with Gasteiger partial charge in [0.25, 0.3) is 0 Å². The highest BCUT2D eigenvalue weighted by molar-refractivity contribution is 5.76. The molecule has 2 N–H and O–H groups in total. The average molecular weight is 248 g/mol. The van der Waals surface area contributed by atoms with Crippen LogP contribution in [0.15, 0.2) is 30.3 Å². The monoisotopic (exact) mass is 248 g/mol. The van der Waals surface area contributed by atoms with Crippen molar-refractivity contribution < 1.29 is 9.90 Å². The molecular weight excluding hydrogens is 228 g/mol. The van der Waals surface area contributed by atoms with E-state index in [1.807, 2.05) is 30.3 Å². The summed E-state index contributed by atoms with van der Waals surface area (Å²) in [6, 6.07) is 9.51. The average Bonchev–Trinajstić information content (AvgIpc) is 2.65. The Bertz CT molecular complexity index is 373. The maximum absolute atomic E-state index is 11.4. The van der Waals surface area contributed by atoms with Gasteiger partial charge >= 0.3 is 5.97 Å². The predicted octanol–water partition coefficient (Wildman–Crippen LogP) is 1.15. The smallest absolute Gasteiger partial charge is 0.312 e.